The van der Waals surface area contributed by atoms with Crippen molar-refractivity contribution in [2.45, 2.75) is 102 Å². The number of ether oxygens (including phenoxy) is 6. The number of aromatic nitrogens is 4. The Morgan fingerprint density at radius 1 is 0.426 bits per heavy atom. The van der Waals surface area contributed by atoms with Gasteiger partial charge < -0.3 is 33.3 Å². The Morgan fingerprint density at radius 3 is 1.18 bits per heavy atom. The fourth-order valence-electron chi connectivity index (χ4n) is 14.9. The molecule has 0 N–H and O–H groups in total. The minimum absolute atomic E-state index is 0.172. The first kappa shape index (κ1) is 83.2. The number of likely N-dealkylation sites (tertiary alicyclic amines) is 1. The standard InChI is InChI=1S/C22H22O4.C22H22O3.C20H20O3.C19H18O2.C14H16FN5/c1-3-26-22(24)21-19(16-7-5-4-6-8-16)13-17(14-20(21)23)15-9-11-18(25-2)12-10-15;1-3-25-22(24)21-19(17-7-5-4-6-8-17)13-18(14-20(21)23)16-11-9-15(2)10-12-16;1-22-19-7-3-14(4-8-19)16-11-17(13-18(21)12-16)15-5-9-20(23-2)10-6-15;1-21-19-9-7-15(8-10-19)17-11-16(12-18(20)13-17)14-5-3-2-4-6-14;15-12-4-6-13(7-5-12)20-14(16-17-18-20)8-11-19-9-2-1-3-10-19/h4-12,14,19,21H,3,13H2,1-2H3;4-12,14,19,21H,3,13H2,1-2H3;3-10,12,17H,11,13H2,1-2H3;2-10,13,16H,11-12H2,1H3;4-8,11H,1-3,9-10H2/b;;;;11-8+. The highest BCUT2D eigenvalue weighted by Gasteiger charge is 2.41. The number of halogens is 1. The van der Waals surface area contributed by atoms with Crippen molar-refractivity contribution in [1.82, 2.24) is 25.1 Å². The summed E-state index contributed by atoms with van der Waals surface area (Å²) in [5.41, 5.74) is 14.6. The Morgan fingerprint density at radius 2 is 0.791 bits per heavy atom. The average Bonchev–Trinajstić information content (AvgIpc) is 1.15. The summed E-state index contributed by atoms with van der Waals surface area (Å²) >= 11 is 0. The van der Waals surface area contributed by atoms with Crippen molar-refractivity contribution in [3.8, 4) is 28.7 Å². The largest absolute Gasteiger partial charge is 0.497 e. The number of carbonyl (C=O) groups excluding carboxylic acids is 6. The van der Waals surface area contributed by atoms with Gasteiger partial charge >= 0.3 is 11.9 Å². The van der Waals surface area contributed by atoms with Gasteiger partial charge in [-0.3, -0.25) is 28.8 Å². The first-order chi connectivity index (χ1) is 56.0. The van der Waals surface area contributed by atoms with Crippen molar-refractivity contribution in [3.05, 3.63) is 329 Å². The molecule has 5 aliphatic rings. The van der Waals surface area contributed by atoms with Crippen LogP contribution < -0.4 is 18.9 Å². The molecule has 18 heteroatoms. The lowest BCUT2D eigenvalue weighted by Gasteiger charge is -2.29. The van der Waals surface area contributed by atoms with Crippen LogP contribution in [0.3, 0.4) is 0 Å². The summed E-state index contributed by atoms with van der Waals surface area (Å²) < 4.78 is 45.6. The lowest BCUT2D eigenvalue weighted by Crippen LogP contribution is -2.34. The smallest absolute Gasteiger partial charge is 0.317 e. The van der Waals surface area contributed by atoms with Crippen molar-refractivity contribution < 1.29 is 61.6 Å². The Kier molecular flexibility index (Phi) is 30.2. The number of esters is 2. The maximum atomic E-state index is 12.9. The quantitative estimate of drug-likeness (QED) is 0.0545. The second kappa shape index (κ2) is 41.7. The molecule has 6 unspecified atom stereocenters. The zero-order chi connectivity index (χ0) is 81.0. The zero-order valence-electron chi connectivity index (χ0n) is 66.2. The molecule has 0 saturated carbocycles. The van der Waals surface area contributed by atoms with Gasteiger partial charge in [-0.1, -0.05) is 169 Å². The zero-order valence-corrected chi connectivity index (χ0v) is 66.2. The predicted molar refractivity (Wildman–Crippen MR) is 447 cm³/mol. The number of ketones is 4. The van der Waals surface area contributed by atoms with Gasteiger partial charge in [0, 0.05) is 50.0 Å². The predicted octanol–water partition coefficient (Wildman–Crippen LogP) is 19.0. The molecular weight excluding hydrogens is 1450 g/mol. The van der Waals surface area contributed by atoms with E-state index in [9.17, 15) is 33.2 Å². The van der Waals surface area contributed by atoms with Crippen LogP contribution in [-0.2, 0) is 38.2 Å². The number of nitrogens with zero attached hydrogens (tertiary/aromatic N) is 5. The maximum Gasteiger partial charge on any atom is 0.317 e. The molecule has 590 valence electrons. The SMILES string of the molecule is CCOC(=O)C1C(=O)C=C(c2ccc(C)cc2)CC1c1ccccc1.CCOC(=O)C1C(=O)C=C(c2ccc(OC)cc2)CC1c1ccccc1.COc1ccc(C2=CC(=O)CC(c3ccc(OC)cc3)C2)cc1.COc1ccc(C2=CC(=O)CC(c3ccccc3)C2)cc1.Fc1ccc(-n2nnnc2/C=C/N2CCCCC2)cc1. The van der Waals surface area contributed by atoms with E-state index >= 15 is 0 Å². The number of hydrogen-bond acceptors (Lipinski definition) is 16. The molecule has 2 heterocycles. The first-order valence-electron chi connectivity index (χ1n) is 39.1. The highest BCUT2D eigenvalue weighted by atomic mass is 19.1. The van der Waals surface area contributed by atoms with Crippen molar-refractivity contribution in [3.63, 3.8) is 0 Å². The average molecular weight is 1540 g/mol. The lowest BCUT2D eigenvalue weighted by atomic mass is 9.73. The van der Waals surface area contributed by atoms with Gasteiger partial charge in [0.25, 0.3) is 0 Å². The van der Waals surface area contributed by atoms with Crippen molar-refractivity contribution in [2.75, 3.05) is 54.7 Å². The third-order valence-corrected chi connectivity index (χ3v) is 21.0. The second-order valence-electron chi connectivity index (χ2n) is 28.6. The number of methoxy groups -OCH3 is 4. The molecule has 115 heavy (non-hydrogen) atoms. The van der Waals surface area contributed by atoms with E-state index in [1.807, 2.05) is 219 Å². The van der Waals surface area contributed by atoms with Crippen molar-refractivity contribution >= 4 is 63.4 Å². The van der Waals surface area contributed by atoms with E-state index in [0.29, 0.717) is 31.5 Å². The van der Waals surface area contributed by atoms with Crippen LogP contribution in [0.5, 0.6) is 23.0 Å². The number of tetrazole rings is 1. The number of aryl methyl sites for hydroxylation is 1. The number of benzene rings is 9. The van der Waals surface area contributed by atoms with Crippen LogP contribution in [0.15, 0.2) is 267 Å². The lowest BCUT2D eigenvalue weighted by molar-refractivity contribution is -0.153. The monoisotopic (exact) mass is 1540 g/mol. The van der Waals surface area contributed by atoms with E-state index in [4.69, 9.17) is 28.4 Å². The van der Waals surface area contributed by atoms with Gasteiger partial charge in [-0.05, 0) is 252 Å². The van der Waals surface area contributed by atoms with E-state index in [1.165, 1.54) is 48.1 Å². The van der Waals surface area contributed by atoms with Gasteiger partial charge in [-0.15, -0.1) is 5.10 Å². The Hall–Kier alpha value is -12.7. The van der Waals surface area contributed by atoms with Gasteiger partial charge in [-0.2, -0.15) is 4.68 Å². The molecule has 15 rings (SSSR count). The summed E-state index contributed by atoms with van der Waals surface area (Å²) in [6.45, 7) is 8.24. The molecule has 17 nitrogen and oxygen atoms in total. The second-order valence-corrected chi connectivity index (χ2v) is 28.6. The van der Waals surface area contributed by atoms with E-state index in [2.05, 4.69) is 32.6 Å². The van der Waals surface area contributed by atoms with Crippen molar-refractivity contribution in [2.24, 2.45) is 11.8 Å². The molecule has 0 radical (unpaired) electrons. The van der Waals surface area contributed by atoms with Crippen LogP contribution in [0.2, 0.25) is 0 Å². The molecule has 0 spiro atoms. The van der Waals surface area contributed by atoms with Crippen molar-refractivity contribution in [1.29, 1.82) is 0 Å². The van der Waals surface area contributed by atoms with Gasteiger partial charge in [0.15, 0.2) is 29.0 Å². The molecule has 4 aliphatic carbocycles. The molecular formula is C97H98FN5O12. The molecule has 9 aromatic carbocycles. The van der Waals surface area contributed by atoms with Crippen LogP contribution in [-0.4, -0.2) is 115 Å². The Labute approximate surface area is 672 Å². The summed E-state index contributed by atoms with van der Waals surface area (Å²) in [6, 6.07) is 75.4. The van der Waals surface area contributed by atoms with E-state index in [0.717, 1.165) is 110 Å². The summed E-state index contributed by atoms with van der Waals surface area (Å²) in [5.74, 6) is 1.27. The van der Waals surface area contributed by atoms with E-state index in [-0.39, 0.29) is 65.8 Å². The number of carbonyl (C=O) groups is 6. The van der Waals surface area contributed by atoms with Gasteiger partial charge in [0.1, 0.15) is 40.7 Å². The number of hydrogen-bond donors (Lipinski definition) is 0. The van der Waals surface area contributed by atoms with E-state index < -0.39 is 23.8 Å². The van der Waals surface area contributed by atoms with Crippen LogP contribution in [0.1, 0.15) is 151 Å². The van der Waals surface area contributed by atoms with Crippen LogP contribution in [0.4, 0.5) is 4.39 Å². The molecule has 0 amide bonds. The normalized spacial score (nSPS) is 18.4. The maximum absolute atomic E-state index is 12.9. The molecule has 1 aliphatic heterocycles. The summed E-state index contributed by atoms with van der Waals surface area (Å²) in [5, 5.41) is 11.6. The fourth-order valence-corrected chi connectivity index (χ4v) is 14.9. The first-order valence-corrected chi connectivity index (χ1v) is 39.1. The van der Waals surface area contributed by atoms with Crippen LogP contribution in [0.25, 0.3) is 34.1 Å². The highest BCUT2D eigenvalue weighted by Crippen LogP contribution is 2.44. The van der Waals surface area contributed by atoms with Crippen LogP contribution >= 0.6 is 0 Å². The molecule has 1 saturated heterocycles. The minimum Gasteiger partial charge on any atom is -0.497 e. The molecule has 1 aromatic heterocycles. The fraction of sp³-hybridized carbons (Fsp3) is 0.268. The Balaban J connectivity index is 0.000000142. The summed E-state index contributed by atoms with van der Waals surface area (Å²) in [7, 11) is 6.58. The molecule has 6 atom stereocenters. The molecule has 0 bridgehead atoms. The third-order valence-electron chi connectivity index (χ3n) is 21.0. The number of allylic oxidation sites excluding steroid dienone is 8. The number of rotatable bonds is 19. The van der Waals surface area contributed by atoms with Gasteiger partial charge in [-0.25, -0.2) is 4.39 Å². The van der Waals surface area contributed by atoms with Gasteiger partial charge in [0.05, 0.1) is 47.3 Å². The molecule has 10 aromatic rings. The van der Waals surface area contributed by atoms with Gasteiger partial charge in [0.2, 0.25) is 0 Å². The van der Waals surface area contributed by atoms with E-state index in [1.54, 1.807) is 83.4 Å². The minimum atomic E-state index is -0.792. The topological polar surface area (TPSA) is 205 Å². The summed E-state index contributed by atoms with van der Waals surface area (Å²) in [4.78, 5) is 76.9. The van der Waals surface area contributed by atoms with Crippen LogP contribution in [0, 0.1) is 24.6 Å². The molecule has 1 fully saturated rings. The Bertz CT molecular complexity index is 5040. The summed E-state index contributed by atoms with van der Waals surface area (Å²) in [6.07, 6.45) is 18.6. The number of piperidine rings is 1. The third kappa shape index (κ3) is 23.0. The highest BCUT2D eigenvalue weighted by molar-refractivity contribution is 6.12.